The van der Waals surface area contributed by atoms with Gasteiger partial charge < -0.3 is 15.4 Å². The van der Waals surface area contributed by atoms with Crippen molar-refractivity contribution in [2.45, 2.75) is 25.9 Å². The smallest absolute Gasteiger partial charge is 0.221 e. The van der Waals surface area contributed by atoms with Gasteiger partial charge in [-0.3, -0.25) is 9.36 Å². The molecule has 0 aromatic carbocycles. The van der Waals surface area contributed by atoms with E-state index in [2.05, 4.69) is 20.6 Å². The van der Waals surface area contributed by atoms with Crippen LogP contribution in [0.2, 0.25) is 0 Å². The van der Waals surface area contributed by atoms with Gasteiger partial charge in [0.1, 0.15) is 11.6 Å². The van der Waals surface area contributed by atoms with E-state index in [-0.39, 0.29) is 11.9 Å². The molecule has 2 aromatic rings. The number of aromatic nitrogens is 3. The van der Waals surface area contributed by atoms with Crippen LogP contribution in [0.15, 0.2) is 30.7 Å². The molecule has 1 unspecified atom stereocenters. The Balaban J connectivity index is 1.50. The Morgan fingerprint density at radius 1 is 1.48 bits per heavy atom. The molecule has 3 rings (SSSR count). The largest absolute Gasteiger partial charge is 0.378 e. The number of nitrogens with zero attached hydrogens (tertiary/aromatic N) is 3. The molecule has 23 heavy (non-hydrogen) atoms. The van der Waals surface area contributed by atoms with Crippen molar-refractivity contribution in [1.82, 2.24) is 25.2 Å². The first-order chi connectivity index (χ1) is 11.2. The number of carbonyl (C=O) groups excluding carboxylic acids is 1. The molecule has 2 aromatic heterocycles. The van der Waals surface area contributed by atoms with E-state index in [1.165, 1.54) is 0 Å². The zero-order chi connectivity index (χ0) is 16.1. The maximum absolute atomic E-state index is 11.9. The Morgan fingerprint density at radius 3 is 3.04 bits per heavy atom. The average Bonchev–Trinajstić information content (AvgIpc) is 3.00. The number of morpholine rings is 1. The van der Waals surface area contributed by atoms with Gasteiger partial charge in [0.15, 0.2) is 0 Å². The Morgan fingerprint density at radius 2 is 2.39 bits per heavy atom. The summed E-state index contributed by atoms with van der Waals surface area (Å²) in [7, 11) is 0. The molecule has 1 aliphatic rings. The topological polar surface area (TPSA) is 81.1 Å². The first kappa shape index (κ1) is 15.6. The Hall–Kier alpha value is -2.25. The van der Waals surface area contributed by atoms with E-state index in [4.69, 9.17) is 4.74 Å². The summed E-state index contributed by atoms with van der Waals surface area (Å²) in [5, 5.41) is 6.19. The number of hydrogen-bond acceptors (Lipinski definition) is 5. The second kappa shape index (κ2) is 7.34. The molecular weight excluding hydrogens is 294 g/mol. The van der Waals surface area contributed by atoms with Gasteiger partial charge >= 0.3 is 0 Å². The minimum Gasteiger partial charge on any atom is -0.378 e. The van der Waals surface area contributed by atoms with Gasteiger partial charge in [-0.1, -0.05) is 6.07 Å². The fourth-order valence-electron chi connectivity index (χ4n) is 2.53. The number of ether oxygens (including phenoxy) is 1. The fraction of sp³-hybridized carbons (Fsp3) is 0.438. The lowest BCUT2D eigenvalue weighted by molar-refractivity contribution is -0.122. The monoisotopic (exact) mass is 315 g/mol. The number of imidazole rings is 1. The third-order valence-corrected chi connectivity index (χ3v) is 3.80. The highest BCUT2D eigenvalue weighted by Crippen LogP contribution is 2.08. The van der Waals surface area contributed by atoms with Gasteiger partial charge in [0, 0.05) is 44.1 Å². The summed E-state index contributed by atoms with van der Waals surface area (Å²) in [6.45, 7) is 4.51. The molecule has 1 atom stereocenters. The summed E-state index contributed by atoms with van der Waals surface area (Å²) in [6, 6.07) is 3.99. The van der Waals surface area contributed by atoms with E-state index in [1.807, 2.05) is 29.8 Å². The van der Waals surface area contributed by atoms with Crippen LogP contribution < -0.4 is 10.6 Å². The van der Waals surface area contributed by atoms with E-state index in [9.17, 15) is 4.79 Å². The van der Waals surface area contributed by atoms with Crippen LogP contribution in [0, 0.1) is 6.92 Å². The number of nitrogens with one attached hydrogen (secondary N) is 2. The molecule has 0 bridgehead atoms. The van der Waals surface area contributed by atoms with Crippen LogP contribution in [-0.4, -0.2) is 46.2 Å². The number of aryl methyl sites for hydroxylation is 1. The lowest BCUT2D eigenvalue weighted by atomic mass is 10.2. The standard InChI is InChI=1S/C16H21N5O2/c1-12-17-4-6-21(12)15-3-2-13(9-19-15)10-20-16(22)8-14-11-23-7-5-18-14/h2-4,6,9,14,18H,5,7-8,10-11H2,1H3,(H,20,22). The molecule has 122 valence electrons. The quantitative estimate of drug-likeness (QED) is 0.843. The molecule has 0 aliphatic carbocycles. The van der Waals surface area contributed by atoms with Crippen LogP contribution in [0.3, 0.4) is 0 Å². The molecule has 2 N–H and O–H groups in total. The summed E-state index contributed by atoms with van der Waals surface area (Å²) >= 11 is 0. The van der Waals surface area contributed by atoms with Crippen molar-refractivity contribution in [2.24, 2.45) is 0 Å². The molecule has 1 fully saturated rings. The summed E-state index contributed by atoms with van der Waals surface area (Å²) in [4.78, 5) is 20.5. The third kappa shape index (κ3) is 4.14. The van der Waals surface area contributed by atoms with Gasteiger partial charge in [-0.05, 0) is 18.6 Å². The highest BCUT2D eigenvalue weighted by atomic mass is 16.5. The summed E-state index contributed by atoms with van der Waals surface area (Å²) in [5.74, 6) is 1.72. The number of rotatable bonds is 5. The van der Waals surface area contributed by atoms with Crippen molar-refractivity contribution >= 4 is 5.91 Å². The predicted octanol–water partition coefficient (Wildman–Crippen LogP) is 0.570. The van der Waals surface area contributed by atoms with Crippen LogP contribution in [0.4, 0.5) is 0 Å². The predicted molar refractivity (Wildman–Crippen MR) is 85.2 cm³/mol. The molecule has 1 amide bonds. The van der Waals surface area contributed by atoms with Crippen molar-refractivity contribution in [3.63, 3.8) is 0 Å². The van der Waals surface area contributed by atoms with Crippen LogP contribution >= 0.6 is 0 Å². The lowest BCUT2D eigenvalue weighted by Gasteiger charge is -2.23. The van der Waals surface area contributed by atoms with Crippen LogP contribution in [0.1, 0.15) is 17.8 Å². The van der Waals surface area contributed by atoms with E-state index >= 15 is 0 Å². The Kier molecular flexibility index (Phi) is 4.99. The second-order valence-electron chi connectivity index (χ2n) is 5.58. The number of pyridine rings is 1. The van der Waals surface area contributed by atoms with Crippen molar-refractivity contribution in [3.8, 4) is 5.82 Å². The van der Waals surface area contributed by atoms with Gasteiger partial charge in [-0.15, -0.1) is 0 Å². The Bertz CT molecular complexity index is 647. The number of carbonyl (C=O) groups is 1. The zero-order valence-corrected chi connectivity index (χ0v) is 13.2. The van der Waals surface area contributed by atoms with E-state index in [0.717, 1.165) is 23.8 Å². The molecule has 3 heterocycles. The van der Waals surface area contributed by atoms with Gasteiger partial charge in [0.05, 0.1) is 13.2 Å². The normalized spacial score (nSPS) is 17.9. The molecule has 7 heteroatoms. The second-order valence-corrected chi connectivity index (χ2v) is 5.58. The molecule has 0 radical (unpaired) electrons. The van der Waals surface area contributed by atoms with Crippen molar-refractivity contribution in [2.75, 3.05) is 19.8 Å². The Labute approximate surface area is 135 Å². The average molecular weight is 315 g/mol. The van der Waals surface area contributed by atoms with Gasteiger partial charge in [0.2, 0.25) is 5.91 Å². The first-order valence-electron chi connectivity index (χ1n) is 7.75. The summed E-state index contributed by atoms with van der Waals surface area (Å²) in [6.07, 6.45) is 5.82. The number of amides is 1. The summed E-state index contributed by atoms with van der Waals surface area (Å²) < 4.78 is 7.26. The lowest BCUT2D eigenvalue weighted by Crippen LogP contribution is -2.44. The fourth-order valence-corrected chi connectivity index (χ4v) is 2.53. The maximum atomic E-state index is 11.9. The van der Waals surface area contributed by atoms with E-state index in [1.54, 1.807) is 12.4 Å². The molecular formula is C16H21N5O2. The zero-order valence-electron chi connectivity index (χ0n) is 13.2. The van der Waals surface area contributed by atoms with Crippen LogP contribution in [0.5, 0.6) is 0 Å². The van der Waals surface area contributed by atoms with Gasteiger partial charge in [-0.25, -0.2) is 9.97 Å². The van der Waals surface area contributed by atoms with Crippen molar-refractivity contribution < 1.29 is 9.53 Å². The molecule has 7 nitrogen and oxygen atoms in total. The summed E-state index contributed by atoms with van der Waals surface area (Å²) in [5.41, 5.74) is 0.965. The highest BCUT2D eigenvalue weighted by molar-refractivity contribution is 5.76. The van der Waals surface area contributed by atoms with E-state index in [0.29, 0.717) is 26.2 Å². The van der Waals surface area contributed by atoms with Crippen LogP contribution in [0.25, 0.3) is 5.82 Å². The minimum absolute atomic E-state index is 0.0162. The van der Waals surface area contributed by atoms with E-state index < -0.39 is 0 Å². The first-order valence-corrected chi connectivity index (χ1v) is 7.75. The van der Waals surface area contributed by atoms with Crippen molar-refractivity contribution in [1.29, 1.82) is 0 Å². The molecule has 0 saturated carbocycles. The van der Waals surface area contributed by atoms with Gasteiger partial charge in [-0.2, -0.15) is 0 Å². The molecule has 1 aliphatic heterocycles. The molecule has 1 saturated heterocycles. The SMILES string of the molecule is Cc1nccn1-c1ccc(CNC(=O)CC2COCCN2)cn1. The number of hydrogen-bond donors (Lipinski definition) is 2. The van der Waals surface area contributed by atoms with Gasteiger partial charge in [0.25, 0.3) is 0 Å². The highest BCUT2D eigenvalue weighted by Gasteiger charge is 2.16. The minimum atomic E-state index is 0.0162. The molecule has 0 spiro atoms. The third-order valence-electron chi connectivity index (χ3n) is 3.80. The van der Waals surface area contributed by atoms with Crippen molar-refractivity contribution in [3.05, 3.63) is 42.1 Å². The maximum Gasteiger partial charge on any atom is 0.221 e. The van der Waals surface area contributed by atoms with Crippen LogP contribution in [-0.2, 0) is 16.1 Å².